The standard InChI is InChI=1S/C90H59N9/c1-55-32-47-78-70(51-55)66-23-10-14-27-74(66)96(78)63-41-35-58(36-42-63)82-73(54-91)87(99-77-30-17-13-26-69(77)86-81(99)31-18-50-92-86)85(90-94-88(61-19-6-4-7-20-61)93-89(95-90)62-21-8-5-9-22-62)84(60-39-45-65(46-40-60)98-76-29-16-12-25-68(76)72-53-57(3)34-49-80(72)98)83(82)59-37-43-64(44-38-59)97-75-28-15-11-24-67(75)71-52-56(2)33-48-79(71)97/h4-53H,1-3H3. The molecule has 0 saturated carbocycles. The molecule has 6 heterocycles. The average Bonchev–Trinajstić information content (AvgIpc) is 1.55. The molecule has 9 nitrogen and oxygen atoms in total. The number of hydrogen-bond acceptors (Lipinski definition) is 5. The van der Waals surface area contributed by atoms with Crippen LogP contribution in [0.3, 0.4) is 0 Å². The molecule has 464 valence electrons. The van der Waals surface area contributed by atoms with Gasteiger partial charge in [-0.25, -0.2) is 15.0 Å². The fourth-order valence-corrected chi connectivity index (χ4v) is 15.5. The number of para-hydroxylation sites is 4. The number of fused-ring (bicyclic) bond motifs is 12. The summed E-state index contributed by atoms with van der Waals surface area (Å²) in [7, 11) is 0. The average molecular weight is 1270 g/mol. The van der Waals surface area contributed by atoms with Crippen LogP contribution in [-0.2, 0) is 0 Å². The van der Waals surface area contributed by atoms with E-state index in [4.69, 9.17) is 19.9 Å². The fourth-order valence-electron chi connectivity index (χ4n) is 15.5. The normalized spacial score (nSPS) is 11.8. The van der Waals surface area contributed by atoms with E-state index in [0.29, 0.717) is 34.3 Å². The summed E-state index contributed by atoms with van der Waals surface area (Å²) in [5, 5.41) is 21.0. The minimum Gasteiger partial charge on any atom is -0.309 e. The van der Waals surface area contributed by atoms with Crippen LogP contribution in [0, 0.1) is 32.1 Å². The summed E-state index contributed by atoms with van der Waals surface area (Å²) in [6, 6.07) is 109. The number of pyridine rings is 1. The summed E-state index contributed by atoms with van der Waals surface area (Å²) >= 11 is 0. The number of rotatable bonds is 10. The van der Waals surface area contributed by atoms with Gasteiger partial charge in [0.05, 0.1) is 66.5 Å². The van der Waals surface area contributed by atoms with Crippen molar-refractivity contribution in [3.8, 4) is 96.4 Å². The third kappa shape index (κ3) is 9.07. The fraction of sp³-hybridized carbons (Fsp3) is 0.0333. The SMILES string of the molecule is Cc1ccc2c(c1)c1ccccc1n2-c1ccc(-c2c(C#N)c(-n3c4ccccc4c4ncccc43)c(-c3nc(-c4ccccc4)nc(-c4ccccc4)n3)c(-c3ccc(-n4c5ccccc5c5cc(C)ccc54)cc3)c2-c2ccc(-n3c4ccccc4c4cc(C)ccc43)cc2)cc1. The Kier molecular flexibility index (Phi) is 13.1. The Morgan fingerprint density at radius 2 is 0.616 bits per heavy atom. The molecule has 0 bridgehead atoms. The van der Waals surface area contributed by atoms with Gasteiger partial charge in [0.1, 0.15) is 6.07 Å². The van der Waals surface area contributed by atoms with Crippen molar-refractivity contribution in [3.63, 3.8) is 0 Å². The zero-order valence-corrected chi connectivity index (χ0v) is 54.4. The molecule has 0 fully saturated rings. The van der Waals surface area contributed by atoms with Gasteiger partial charge in [-0.1, -0.05) is 205 Å². The molecule has 6 aromatic heterocycles. The molecule has 99 heavy (non-hydrogen) atoms. The van der Waals surface area contributed by atoms with E-state index in [0.717, 1.165) is 117 Å². The first-order valence-electron chi connectivity index (χ1n) is 33.5. The molecule has 13 aromatic carbocycles. The van der Waals surface area contributed by atoms with E-state index in [1.54, 1.807) is 0 Å². The first kappa shape index (κ1) is 57.2. The van der Waals surface area contributed by atoms with Crippen molar-refractivity contribution in [1.82, 2.24) is 38.2 Å². The highest BCUT2D eigenvalue weighted by Crippen LogP contribution is 2.53. The number of nitrogens with zero attached hydrogens (tertiary/aromatic N) is 9. The molecule has 0 N–H and O–H groups in total. The molecule has 0 amide bonds. The Labute approximate surface area is 570 Å². The molecule has 0 aliphatic carbocycles. The highest BCUT2D eigenvalue weighted by atomic mass is 15.1. The molecule has 9 heteroatoms. The van der Waals surface area contributed by atoms with Gasteiger partial charge in [-0.3, -0.25) is 4.98 Å². The smallest absolute Gasteiger partial charge is 0.166 e. The molecule has 19 rings (SSSR count). The molecular formula is C90H59N9. The minimum absolute atomic E-state index is 0.391. The van der Waals surface area contributed by atoms with E-state index in [1.807, 2.05) is 72.9 Å². The van der Waals surface area contributed by atoms with Gasteiger partial charge in [0, 0.05) is 83.2 Å². The number of aromatic nitrogens is 8. The van der Waals surface area contributed by atoms with Crippen molar-refractivity contribution in [3.05, 3.63) is 326 Å². The summed E-state index contributed by atoms with van der Waals surface area (Å²) in [6.07, 6.45) is 1.85. The second-order valence-electron chi connectivity index (χ2n) is 25.9. The maximum Gasteiger partial charge on any atom is 0.166 e. The number of aryl methyl sites for hydroxylation is 3. The van der Waals surface area contributed by atoms with Crippen LogP contribution in [0.5, 0.6) is 0 Å². The highest BCUT2D eigenvalue weighted by Gasteiger charge is 2.33. The van der Waals surface area contributed by atoms with Gasteiger partial charge in [-0.05, 0) is 152 Å². The lowest BCUT2D eigenvalue weighted by atomic mass is 9.80. The van der Waals surface area contributed by atoms with Crippen molar-refractivity contribution in [1.29, 1.82) is 5.26 Å². The third-order valence-corrected chi connectivity index (χ3v) is 19.9. The van der Waals surface area contributed by atoms with Gasteiger partial charge in [-0.2, -0.15) is 5.26 Å². The molecule has 0 spiro atoms. The first-order valence-corrected chi connectivity index (χ1v) is 33.5. The van der Waals surface area contributed by atoms with Crippen molar-refractivity contribution in [2.24, 2.45) is 0 Å². The summed E-state index contributed by atoms with van der Waals surface area (Å²) in [5.41, 5.74) is 24.1. The van der Waals surface area contributed by atoms with E-state index in [1.165, 1.54) is 49.0 Å². The summed E-state index contributed by atoms with van der Waals surface area (Å²) in [5.74, 6) is 1.37. The van der Waals surface area contributed by atoms with Crippen molar-refractivity contribution in [2.75, 3.05) is 0 Å². The van der Waals surface area contributed by atoms with Gasteiger partial charge in [0.2, 0.25) is 0 Å². The first-order chi connectivity index (χ1) is 48.8. The lowest BCUT2D eigenvalue weighted by molar-refractivity contribution is 1.06. The van der Waals surface area contributed by atoms with Crippen LogP contribution < -0.4 is 0 Å². The molecule has 19 aromatic rings. The summed E-state index contributed by atoms with van der Waals surface area (Å²) in [6.45, 7) is 6.46. The number of hydrogen-bond donors (Lipinski definition) is 0. The quantitative estimate of drug-likeness (QED) is 0.136. The van der Waals surface area contributed by atoms with Crippen LogP contribution >= 0.6 is 0 Å². The predicted molar refractivity (Wildman–Crippen MR) is 407 cm³/mol. The van der Waals surface area contributed by atoms with E-state index >= 15 is 0 Å². The molecule has 0 unspecified atom stereocenters. The van der Waals surface area contributed by atoms with Crippen LogP contribution in [0.4, 0.5) is 0 Å². The lowest BCUT2D eigenvalue weighted by Gasteiger charge is -2.27. The van der Waals surface area contributed by atoms with E-state index < -0.39 is 0 Å². The highest BCUT2D eigenvalue weighted by molar-refractivity contribution is 6.15. The second kappa shape index (κ2) is 22.7. The van der Waals surface area contributed by atoms with Crippen molar-refractivity contribution in [2.45, 2.75) is 20.8 Å². The van der Waals surface area contributed by atoms with Crippen LogP contribution in [0.25, 0.3) is 178 Å². The second-order valence-corrected chi connectivity index (χ2v) is 25.9. The molecule has 0 aliphatic heterocycles. The maximum absolute atomic E-state index is 12.9. The third-order valence-electron chi connectivity index (χ3n) is 19.9. The Hall–Kier alpha value is -13.3. The summed E-state index contributed by atoms with van der Waals surface area (Å²) < 4.78 is 9.34. The Morgan fingerprint density at radius 1 is 0.273 bits per heavy atom. The van der Waals surface area contributed by atoms with Crippen molar-refractivity contribution < 1.29 is 0 Å². The van der Waals surface area contributed by atoms with E-state index in [2.05, 4.69) is 276 Å². The Bertz CT molecular complexity index is 6430. The van der Waals surface area contributed by atoms with Gasteiger partial charge in [0.15, 0.2) is 17.5 Å². The number of benzene rings is 13. The Balaban J connectivity index is 0.979. The van der Waals surface area contributed by atoms with Gasteiger partial charge >= 0.3 is 0 Å². The zero-order valence-electron chi connectivity index (χ0n) is 54.4. The van der Waals surface area contributed by atoms with E-state index in [-0.39, 0.29) is 0 Å². The molecular weight excluding hydrogens is 1210 g/mol. The van der Waals surface area contributed by atoms with Crippen LogP contribution in [0.1, 0.15) is 22.3 Å². The maximum atomic E-state index is 12.9. The molecule has 0 aliphatic rings. The summed E-state index contributed by atoms with van der Waals surface area (Å²) in [4.78, 5) is 21.8. The van der Waals surface area contributed by atoms with Gasteiger partial charge in [0.25, 0.3) is 0 Å². The zero-order chi connectivity index (χ0) is 66.0. The van der Waals surface area contributed by atoms with Gasteiger partial charge in [-0.15, -0.1) is 0 Å². The molecule has 0 saturated heterocycles. The van der Waals surface area contributed by atoms with Crippen LogP contribution in [-0.4, -0.2) is 38.2 Å². The molecule has 0 radical (unpaired) electrons. The largest absolute Gasteiger partial charge is 0.309 e. The van der Waals surface area contributed by atoms with Crippen LogP contribution in [0.2, 0.25) is 0 Å². The lowest BCUT2D eigenvalue weighted by Crippen LogP contribution is -2.10. The topological polar surface area (TPSA) is 95.1 Å². The predicted octanol–water partition coefficient (Wildman–Crippen LogP) is 22.5. The Morgan fingerprint density at radius 3 is 1.04 bits per heavy atom. The van der Waals surface area contributed by atoms with Gasteiger partial charge < -0.3 is 18.3 Å². The molecule has 0 atom stereocenters. The monoisotopic (exact) mass is 1270 g/mol. The van der Waals surface area contributed by atoms with E-state index in [9.17, 15) is 5.26 Å². The minimum atomic E-state index is 0.391. The van der Waals surface area contributed by atoms with Crippen molar-refractivity contribution >= 4 is 87.4 Å². The van der Waals surface area contributed by atoms with Crippen LogP contribution in [0.15, 0.2) is 303 Å². The number of nitriles is 1.